The first-order valence-corrected chi connectivity index (χ1v) is 27.3. The van der Waals surface area contributed by atoms with E-state index in [9.17, 15) is 19.8 Å². The van der Waals surface area contributed by atoms with Crippen LogP contribution in [0.4, 0.5) is 0 Å². The highest BCUT2D eigenvalue weighted by atomic mass is 16.5. The molecule has 0 rings (SSSR count). The minimum Gasteiger partial charge on any atom is -0.462 e. The molecule has 0 bridgehead atoms. The maximum Gasteiger partial charge on any atom is 0.306 e. The van der Waals surface area contributed by atoms with E-state index >= 15 is 0 Å². The smallest absolute Gasteiger partial charge is 0.306 e. The van der Waals surface area contributed by atoms with E-state index in [0.29, 0.717) is 19.3 Å². The van der Waals surface area contributed by atoms with Crippen molar-refractivity contribution in [1.29, 1.82) is 0 Å². The quantitative estimate of drug-likeness (QED) is 0.0419. The first kappa shape index (κ1) is 58.9. The molecule has 0 saturated carbocycles. The zero-order valence-corrected chi connectivity index (χ0v) is 40.9. The maximum atomic E-state index is 13.2. The van der Waals surface area contributed by atoms with Gasteiger partial charge in [-0.2, -0.15) is 0 Å². The second kappa shape index (κ2) is 48.9. The van der Waals surface area contributed by atoms with Gasteiger partial charge >= 0.3 is 5.97 Å². The molecule has 3 atom stereocenters. The van der Waals surface area contributed by atoms with E-state index in [1.54, 1.807) is 0 Å². The van der Waals surface area contributed by atoms with Crippen LogP contribution in [0, 0.1) is 0 Å². The molecule has 0 aromatic heterocycles. The summed E-state index contributed by atoms with van der Waals surface area (Å²) in [5.74, 6) is -0.449. The van der Waals surface area contributed by atoms with E-state index < -0.39 is 18.2 Å². The van der Waals surface area contributed by atoms with Gasteiger partial charge in [-0.05, 0) is 25.7 Å². The molecule has 6 heteroatoms. The van der Waals surface area contributed by atoms with E-state index in [-0.39, 0.29) is 24.9 Å². The van der Waals surface area contributed by atoms with Crippen LogP contribution in [0.15, 0.2) is 0 Å². The molecule has 0 aliphatic rings. The van der Waals surface area contributed by atoms with Gasteiger partial charge < -0.3 is 20.3 Å². The fourth-order valence-corrected chi connectivity index (χ4v) is 8.79. The largest absolute Gasteiger partial charge is 0.462 e. The number of nitrogens with one attached hydrogen (secondary N) is 1. The minimum atomic E-state index is -0.779. The molecule has 0 fully saturated rings. The molecule has 3 unspecified atom stereocenters. The Labute approximate surface area is 375 Å². The van der Waals surface area contributed by atoms with Crippen LogP contribution in [-0.4, -0.2) is 46.9 Å². The Hall–Kier alpha value is -1.14. The molecule has 1 amide bonds. The van der Waals surface area contributed by atoms with E-state index in [0.717, 1.165) is 44.9 Å². The number of hydrogen-bond acceptors (Lipinski definition) is 5. The number of unbranched alkanes of at least 4 members (excludes halogenated alkanes) is 38. The van der Waals surface area contributed by atoms with Crippen molar-refractivity contribution in [2.75, 3.05) is 6.61 Å². The zero-order valence-electron chi connectivity index (χ0n) is 40.9. The second-order valence-electron chi connectivity index (χ2n) is 19.0. The Bertz CT molecular complexity index is 867. The molecular weight excluding hydrogens is 743 g/mol. The van der Waals surface area contributed by atoms with Crippen LogP contribution in [0.3, 0.4) is 0 Å². The van der Waals surface area contributed by atoms with E-state index in [1.165, 1.54) is 218 Å². The van der Waals surface area contributed by atoms with Crippen molar-refractivity contribution in [3.8, 4) is 0 Å². The maximum absolute atomic E-state index is 13.2. The number of ether oxygens (including phenoxy) is 1. The number of carbonyl (C=O) groups excluding carboxylic acids is 2. The molecule has 60 heavy (non-hydrogen) atoms. The summed E-state index contributed by atoms with van der Waals surface area (Å²) in [6, 6.07) is -0.692. The molecule has 3 N–H and O–H groups in total. The van der Waals surface area contributed by atoms with Crippen LogP contribution in [0.5, 0.6) is 0 Å². The molecule has 0 radical (unpaired) electrons. The van der Waals surface area contributed by atoms with E-state index in [4.69, 9.17) is 4.74 Å². The Balaban J connectivity index is 4.50. The van der Waals surface area contributed by atoms with Crippen molar-refractivity contribution in [3.63, 3.8) is 0 Å². The molecule has 0 aliphatic carbocycles. The predicted molar refractivity (Wildman–Crippen MR) is 260 cm³/mol. The fourth-order valence-electron chi connectivity index (χ4n) is 8.79. The van der Waals surface area contributed by atoms with Gasteiger partial charge in [0, 0.05) is 6.42 Å². The summed E-state index contributed by atoms with van der Waals surface area (Å²) in [5.41, 5.74) is 0. The first-order valence-electron chi connectivity index (χ1n) is 27.3. The summed E-state index contributed by atoms with van der Waals surface area (Å²) in [6.07, 6.45) is 53.0. The number of aliphatic hydroxyl groups is 2. The molecule has 0 heterocycles. The minimum absolute atomic E-state index is 0.0882. The summed E-state index contributed by atoms with van der Waals surface area (Å²) in [6.45, 7) is 6.52. The summed E-state index contributed by atoms with van der Waals surface area (Å²) in [5, 5.41) is 23.8. The van der Waals surface area contributed by atoms with E-state index in [2.05, 4.69) is 26.1 Å². The van der Waals surface area contributed by atoms with Crippen molar-refractivity contribution < 1.29 is 24.5 Å². The predicted octanol–water partition coefficient (Wildman–Crippen LogP) is 16.4. The van der Waals surface area contributed by atoms with Crippen LogP contribution in [0.2, 0.25) is 0 Å². The Kier molecular flexibility index (Phi) is 48.0. The number of esters is 1. The van der Waals surface area contributed by atoms with Crippen molar-refractivity contribution in [2.45, 2.75) is 328 Å². The van der Waals surface area contributed by atoms with Crippen molar-refractivity contribution in [2.24, 2.45) is 0 Å². The Morgan fingerprint density at radius 2 is 0.700 bits per heavy atom. The van der Waals surface area contributed by atoms with Crippen LogP contribution in [-0.2, 0) is 14.3 Å². The van der Waals surface area contributed by atoms with Gasteiger partial charge in [-0.25, -0.2) is 0 Å². The lowest BCUT2D eigenvalue weighted by Crippen LogP contribution is -2.46. The first-order chi connectivity index (χ1) is 29.5. The highest BCUT2D eigenvalue weighted by Crippen LogP contribution is 2.19. The van der Waals surface area contributed by atoms with Gasteiger partial charge in [0.05, 0.1) is 25.2 Å². The summed E-state index contributed by atoms with van der Waals surface area (Å²) >= 11 is 0. The average Bonchev–Trinajstić information content (AvgIpc) is 3.24. The Morgan fingerprint density at radius 1 is 0.417 bits per heavy atom. The van der Waals surface area contributed by atoms with Crippen LogP contribution in [0.1, 0.15) is 310 Å². The standard InChI is InChI=1S/C54H107NO5/c1-4-7-10-13-16-19-22-25-27-28-30-33-36-39-42-45-50(60-54(59)47-44-41-38-35-32-24-21-18-15-12-9-6-3)48-53(58)55-51(49-56)52(57)46-43-40-37-34-31-29-26-23-20-17-14-11-8-5-2/h50-52,56-57H,4-49H2,1-3H3,(H,55,58). The number of rotatable bonds is 50. The third-order valence-corrected chi connectivity index (χ3v) is 12.9. The molecule has 0 aromatic carbocycles. The average molecular weight is 850 g/mol. The fraction of sp³-hybridized carbons (Fsp3) is 0.963. The molecule has 0 saturated heterocycles. The number of aliphatic hydroxyl groups excluding tert-OH is 2. The molecular formula is C54H107NO5. The Morgan fingerprint density at radius 3 is 1.02 bits per heavy atom. The van der Waals surface area contributed by atoms with E-state index in [1.807, 2.05) is 0 Å². The van der Waals surface area contributed by atoms with Crippen LogP contribution >= 0.6 is 0 Å². The SMILES string of the molecule is CCCCCCCCCCCCCCCCCC(CC(=O)NC(CO)C(O)CCCCCCCCCCCCCCCC)OC(=O)CCCCCCCCCCCCCC. The molecule has 358 valence electrons. The third-order valence-electron chi connectivity index (χ3n) is 12.9. The molecule has 0 spiro atoms. The monoisotopic (exact) mass is 850 g/mol. The van der Waals surface area contributed by atoms with Gasteiger partial charge in [0.15, 0.2) is 0 Å². The topological polar surface area (TPSA) is 95.9 Å². The zero-order chi connectivity index (χ0) is 43.8. The third kappa shape index (κ3) is 43.5. The van der Waals surface area contributed by atoms with Crippen molar-refractivity contribution in [1.82, 2.24) is 5.32 Å². The van der Waals surface area contributed by atoms with Crippen LogP contribution < -0.4 is 5.32 Å². The van der Waals surface area contributed by atoms with Gasteiger partial charge in [-0.3, -0.25) is 9.59 Å². The second-order valence-corrected chi connectivity index (χ2v) is 19.0. The lowest BCUT2D eigenvalue weighted by atomic mass is 10.0. The summed E-state index contributed by atoms with van der Waals surface area (Å²) < 4.78 is 5.95. The number of carbonyl (C=O) groups is 2. The number of hydrogen-bond donors (Lipinski definition) is 3. The van der Waals surface area contributed by atoms with Gasteiger partial charge in [-0.1, -0.05) is 271 Å². The van der Waals surface area contributed by atoms with Crippen molar-refractivity contribution >= 4 is 11.9 Å². The van der Waals surface area contributed by atoms with Gasteiger partial charge in [-0.15, -0.1) is 0 Å². The molecule has 0 aromatic rings. The lowest BCUT2D eigenvalue weighted by molar-refractivity contribution is -0.151. The highest BCUT2D eigenvalue weighted by molar-refractivity contribution is 5.77. The normalized spacial score (nSPS) is 13.1. The van der Waals surface area contributed by atoms with Crippen LogP contribution in [0.25, 0.3) is 0 Å². The number of amides is 1. The summed E-state index contributed by atoms with van der Waals surface area (Å²) in [7, 11) is 0. The summed E-state index contributed by atoms with van der Waals surface area (Å²) in [4.78, 5) is 26.2. The molecule has 0 aliphatic heterocycles. The lowest BCUT2D eigenvalue weighted by Gasteiger charge is -2.24. The van der Waals surface area contributed by atoms with Crippen molar-refractivity contribution in [3.05, 3.63) is 0 Å². The van der Waals surface area contributed by atoms with Gasteiger partial charge in [0.25, 0.3) is 0 Å². The van der Waals surface area contributed by atoms with Gasteiger partial charge in [0.1, 0.15) is 6.10 Å². The molecule has 6 nitrogen and oxygen atoms in total. The van der Waals surface area contributed by atoms with Gasteiger partial charge in [0.2, 0.25) is 5.91 Å². The highest BCUT2D eigenvalue weighted by Gasteiger charge is 2.24.